The van der Waals surface area contributed by atoms with Gasteiger partial charge in [0, 0.05) is 49.5 Å². The molecule has 5 nitrogen and oxygen atoms in total. The van der Waals surface area contributed by atoms with Crippen molar-refractivity contribution >= 4 is 17.5 Å². The van der Waals surface area contributed by atoms with Crippen molar-refractivity contribution in [3.63, 3.8) is 0 Å². The van der Waals surface area contributed by atoms with E-state index in [0.29, 0.717) is 39.0 Å². The maximum Gasteiger partial charge on any atom is 0.321 e. The van der Waals surface area contributed by atoms with E-state index in [1.165, 1.54) is 0 Å². The topological polar surface area (TPSA) is 87.0 Å². The Bertz CT molecular complexity index is 1310. The van der Waals surface area contributed by atoms with Gasteiger partial charge in [0.2, 0.25) is 0 Å². The molecule has 222 valence electrons. The first-order valence-electron chi connectivity index (χ1n) is 14.7. The molecule has 1 N–H and O–H groups in total. The summed E-state index contributed by atoms with van der Waals surface area (Å²) < 4.78 is 28.3. The van der Waals surface area contributed by atoms with Crippen molar-refractivity contribution < 1.29 is 54.3 Å². The Labute approximate surface area is 267 Å². The standard InChI is InChI=1S/C33H43F2N2O3.U/c1-27(2)11-13-33(37-26(40)32(8,34)35)14-12-31(7)24(20(33)17-27)21(38)15-23-29(5)16-19(18-36)25(39)28(3,4)22(29)9-10-30(23,31)6;/h15-16,20,24H,9-14,17H2,1-8H3,(H,37,40);/q-1;/t20-,24-,29-,30+,31+,33-;/m0./s1. The fraction of sp³-hybridized carbons (Fsp3) is 0.727. The average Bonchev–Trinajstić information content (AvgIpc) is 2.83. The number of allylic oxidation sites excluding steroid dienone is 4. The monoisotopic (exact) mass is 791 g/mol. The molecule has 3 fully saturated rings. The van der Waals surface area contributed by atoms with Crippen molar-refractivity contribution in [2.75, 3.05) is 0 Å². The van der Waals surface area contributed by atoms with Crippen LogP contribution in [0, 0.1) is 87.3 Å². The SMILES string of the molecule is CC1(C)CC[C@]2(NC(=O)C(C)(F)F)CC[C@]3(C)[C@H](C(=O)C=C4[C@@]5(C)C=C(C#N)C(=O)C(C)(C)[C-]5CC[C@]43C)[C@@H]2C1.[U]. The molecule has 0 aromatic carbocycles. The molecule has 8 heteroatoms. The predicted octanol–water partition coefficient (Wildman–Crippen LogP) is 6.69. The summed E-state index contributed by atoms with van der Waals surface area (Å²) in [6.07, 6.45) is 8.21. The van der Waals surface area contributed by atoms with Crippen LogP contribution < -0.4 is 5.32 Å². The quantitative estimate of drug-likeness (QED) is 0.316. The number of Topliss-reactive ketones (excluding diaryl/α,β-unsaturated/α-hetero) is 1. The first-order chi connectivity index (χ1) is 18.2. The molecule has 0 saturated heterocycles. The second-order valence-corrected chi connectivity index (χ2v) is 15.5. The number of fused-ring (bicyclic) bond motifs is 7. The Hall–Kier alpha value is -1.31. The largest absolute Gasteiger partial charge is 0.345 e. The zero-order chi connectivity index (χ0) is 29.9. The summed E-state index contributed by atoms with van der Waals surface area (Å²) in [5.41, 5.74) is -2.25. The minimum atomic E-state index is -3.50. The van der Waals surface area contributed by atoms with E-state index < -0.39 is 44.9 Å². The molecular weight excluding hydrogens is 748 g/mol. The van der Waals surface area contributed by atoms with Gasteiger partial charge in [0.15, 0.2) is 5.78 Å². The van der Waals surface area contributed by atoms with Crippen molar-refractivity contribution in [3.8, 4) is 6.07 Å². The van der Waals surface area contributed by atoms with Crippen LogP contribution in [0.5, 0.6) is 0 Å². The van der Waals surface area contributed by atoms with Crippen LogP contribution >= 0.6 is 0 Å². The third kappa shape index (κ3) is 4.41. The minimum absolute atomic E-state index is 0. The van der Waals surface area contributed by atoms with Gasteiger partial charge in [0.25, 0.3) is 5.91 Å². The molecule has 5 aliphatic carbocycles. The summed E-state index contributed by atoms with van der Waals surface area (Å²) >= 11 is 0. The summed E-state index contributed by atoms with van der Waals surface area (Å²) in [6.45, 7) is 15.2. The Morgan fingerprint density at radius 2 is 1.66 bits per heavy atom. The van der Waals surface area contributed by atoms with Gasteiger partial charge in [-0.1, -0.05) is 72.0 Å². The number of hydrogen-bond donors (Lipinski definition) is 1. The molecule has 0 aromatic rings. The van der Waals surface area contributed by atoms with Crippen molar-refractivity contribution in [2.24, 2.45) is 38.9 Å². The third-order valence-corrected chi connectivity index (χ3v) is 12.3. The van der Waals surface area contributed by atoms with Crippen LogP contribution in [0.15, 0.2) is 23.3 Å². The van der Waals surface area contributed by atoms with Gasteiger partial charge in [-0.15, -0.1) is 5.41 Å². The predicted molar refractivity (Wildman–Crippen MR) is 148 cm³/mol. The molecule has 0 bridgehead atoms. The summed E-state index contributed by atoms with van der Waals surface area (Å²) in [5.74, 6) is -4.61. The van der Waals surface area contributed by atoms with Gasteiger partial charge < -0.3 is 5.32 Å². The third-order valence-electron chi connectivity index (χ3n) is 12.3. The molecule has 0 unspecified atom stereocenters. The molecule has 41 heavy (non-hydrogen) atoms. The number of ketones is 2. The summed E-state index contributed by atoms with van der Waals surface area (Å²) in [7, 11) is 0. The molecule has 0 heterocycles. The number of alkyl halides is 2. The van der Waals surface area contributed by atoms with E-state index in [4.69, 9.17) is 0 Å². The molecule has 3 saturated carbocycles. The fourth-order valence-electron chi connectivity index (χ4n) is 9.83. The normalized spacial score (nSPS) is 41.2. The number of nitriles is 1. The molecule has 0 radical (unpaired) electrons. The van der Waals surface area contributed by atoms with Crippen LogP contribution in [0.2, 0.25) is 0 Å². The maximum atomic E-state index is 14.4. The van der Waals surface area contributed by atoms with E-state index >= 15 is 0 Å². The van der Waals surface area contributed by atoms with Crippen molar-refractivity contribution in [1.29, 1.82) is 5.26 Å². The molecule has 6 atom stereocenters. The summed E-state index contributed by atoms with van der Waals surface area (Å²) in [5, 5.41) is 12.7. The molecule has 0 aliphatic heterocycles. The number of hydrogen-bond acceptors (Lipinski definition) is 4. The summed E-state index contributed by atoms with van der Waals surface area (Å²) in [6, 6.07) is 2.12. The molecule has 0 spiro atoms. The molecule has 0 aromatic heterocycles. The number of amides is 1. The van der Waals surface area contributed by atoms with Crippen LogP contribution in [-0.2, 0) is 14.4 Å². The number of rotatable bonds is 2. The fourth-order valence-corrected chi connectivity index (χ4v) is 9.83. The number of carbonyl (C=O) groups is 3. The number of halogens is 2. The first-order valence-corrected chi connectivity index (χ1v) is 14.7. The van der Waals surface area contributed by atoms with E-state index in [0.717, 1.165) is 24.3 Å². The average molecular weight is 792 g/mol. The van der Waals surface area contributed by atoms with Crippen LogP contribution in [0.4, 0.5) is 8.78 Å². The van der Waals surface area contributed by atoms with E-state index in [1.54, 1.807) is 12.2 Å². The minimum Gasteiger partial charge on any atom is -0.345 e. The first kappa shape index (κ1) is 32.6. The Kier molecular flexibility index (Phi) is 7.63. The number of carbonyl (C=O) groups excluding carboxylic acids is 3. The van der Waals surface area contributed by atoms with E-state index in [9.17, 15) is 28.4 Å². The zero-order valence-electron chi connectivity index (χ0n) is 25.7. The van der Waals surface area contributed by atoms with Crippen LogP contribution in [0.3, 0.4) is 0 Å². The second-order valence-electron chi connectivity index (χ2n) is 15.5. The Balaban J connectivity index is 0.00000387. The molecular formula is C33H43F2N2O3U-. The number of nitrogens with zero attached hydrogens (tertiary/aromatic N) is 1. The van der Waals surface area contributed by atoms with Gasteiger partial charge in [-0.05, 0) is 60.3 Å². The zero-order valence-corrected chi connectivity index (χ0v) is 29.9. The second kappa shape index (κ2) is 9.59. The smallest absolute Gasteiger partial charge is 0.321 e. The van der Waals surface area contributed by atoms with Gasteiger partial charge in [0.1, 0.15) is 11.9 Å². The van der Waals surface area contributed by atoms with E-state index in [-0.39, 0.29) is 59.6 Å². The van der Waals surface area contributed by atoms with Crippen LogP contribution in [0.25, 0.3) is 0 Å². The Morgan fingerprint density at radius 1 is 1.05 bits per heavy atom. The van der Waals surface area contributed by atoms with Crippen molar-refractivity contribution in [3.05, 3.63) is 29.2 Å². The summed E-state index contributed by atoms with van der Waals surface area (Å²) in [4.78, 5) is 40.3. The van der Waals surface area contributed by atoms with E-state index in [2.05, 4.69) is 46.0 Å². The number of nitrogens with one attached hydrogen (secondary N) is 1. The van der Waals surface area contributed by atoms with E-state index in [1.807, 2.05) is 13.8 Å². The molecule has 1 amide bonds. The molecule has 5 rings (SSSR count). The van der Waals surface area contributed by atoms with Crippen LogP contribution in [-0.4, -0.2) is 28.9 Å². The molecule has 5 aliphatic rings. The van der Waals surface area contributed by atoms with Gasteiger partial charge in [-0.3, -0.25) is 20.3 Å². The maximum absolute atomic E-state index is 14.4. The van der Waals surface area contributed by atoms with Crippen molar-refractivity contribution in [2.45, 2.75) is 112 Å². The van der Waals surface area contributed by atoms with Gasteiger partial charge >= 0.3 is 5.92 Å². The van der Waals surface area contributed by atoms with Gasteiger partial charge in [-0.2, -0.15) is 20.5 Å². The van der Waals surface area contributed by atoms with Gasteiger partial charge in [-0.25, -0.2) is 0 Å². The van der Waals surface area contributed by atoms with Crippen LogP contribution in [0.1, 0.15) is 100 Å². The van der Waals surface area contributed by atoms with Gasteiger partial charge in [0.05, 0.1) is 5.57 Å². The van der Waals surface area contributed by atoms with Crippen molar-refractivity contribution in [1.82, 2.24) is 5.32 Å². The Morgan fingerprint density at radius 3 is 2.24 bits per heavy atom.